The predicted octanol–water partition coefficient (Wildman–Crippen LogP) is 4.13. The van der Waals surface area contributed by atoms with Gasteiger partial charge in [-0.2, -0.15) is 0 Å². The largest absolute Gasteiger partial charge is 0.378 e. The van der Waals surface area contributed by atoms with Crippen LogP contribution in [0.5, 0.6) is 0 Å². The minimum Gasteiger partial charge on any atom is -0.378 e. The van der Waals surface area contributed by atoms with E-state index in [1.165, 1.54) is 0 Å². The van der Waals surface area contributed by atoms with Crippen LogP contribution < -0.4 is 10.2 Å². The van der Waals surface area contributed by atoms with Crippen molar-refractivity contribution in [2.45, 2.75) is 44.9 Å². The summed E-state index contributed by atoms with van der Waals surface area (Å²) in [7, 11) is 0. The Hall–Kier alpha value is -3.39. The molecule has 1 aliphatic carbocycles. The number of morpholine rings is 1. The van der Waals surface area contributed by atoms with Crippen LogP contribution in [0.3, 0.4) is 0 Å². The highest BCUT2D eigenvalue weighted by molar-refractivity contribution is 6.02. The van der Waals surface area contributed by atoms with E-state index in [0.29, 0.717) is 63.7 Å². The van der Waals surface area contributed by atoms with Gasteiger partial charge < -0.3 is 24.8 Å². The SMILES string of the molecule is CCC(C(=O)N1CCN(c2ccc(NC(=O)C3CCCC3)cc2C(=O)N2CCOCC2)CC1)c1ccccc1. The third-order valence-electron chi connectivity index (χ3n) is 8.36. The van der Waals surface area contributed by atoms with Crippen LogP contribution in [0.4, 0.5) is 11.4 Å². The molecule has 8 heteroatoms. The number of amides is 3. The summed E-state index contributed by atoms with van der Waals surface area (Å²) in [5.41, 5.74) is 3.17. The van der Waals surface area contributed by atoms with Gasteiger partial charge in [0.25, 0.3) is 5.91 Å². The molecule has 8 nitrogen and oxygen atoms in total. The first-order valence-corrected chi connectivity index (χ1v) is 14.5. The summed E-state index contributed by atoms with van der Waals surface area (Å²) in [4.78, 5) is 45.9. The first-order chi connectivity index (χ1) is 19.0. The number of ether oxygens (including phenoxy) is 1. The summed E-state index contributed by atoms with van der Waals surface area (Å²) in [6.45, 7) is 6.72. The second kappa shape index (κ2) is 12.6. The van der Waals surface area contributed by atoms with Crippen molar-refractivity contribution in [3.63, 3.8) is 0 Å². The second-order valence-corrected chi connectivity index (χ2v) is 10.8. The summed E-state index contributed by atoms with van der Waals surface area (Å²) < 4.78 is 5.46. The minimum absolute atomic E-state index is 0.0426. The molecule has 0 bridgehead atoms. The summed E-state index contributed by atoms with van der Waals surface area (Å²) in [5, 5.41) is 3.06. The molecule has 2 aromatic carbocycles. The van der Waals surface area contributed by atoms with Crippen LogP contribution in [-0.2, 0) is 14.3 Å². The number of piperazine rings is 1. The quantitative estimate of drug-likeness (QED) is 0.580. The highest BCUT2D eigenvalue weighted by atomic mass is 16.5. The number of nitrogens with one attached hydrogen (secondary N) is 1. The second-order valence-electron chi connectivity index (χ2n) is 10.8. The van der Waals surface area contributed by atoms with E-state index < -0.39 is 0 Å². The molecule has 1 atom stereocenters. The van der Waals surface area contributed by atoms with E-state index in [2.05, 4.69) is 17.1 Å². The van der Waals surface area contributed by atoms with Crippen LogP contribution in [0.1, 0.15) is 60.9 Å². The topological polar surface area (TPSA) is 82.2 Å². The summed E-state index contributed by atoms with van der Waals surface area (Å²) in [5.74, 6) is 0.0772. The van der Waals surface area contributed by atoms with Crippen LogP contribution >= 0.6 is 0 Å². The number of benzene rings is 2. The molecule has 208 valence electrons. The van der Waals surface area contributed by atoms with Crippen molar-refractivity contribution in [3.05, 3.63) is 59.7 Å². The molecule has 2 saturated heterocycles. The lowest BCUT2D eigenvalue weighted by molar-refractivity contribution is -0.133. The first-order valence-electron chi connectivity index (χ1n) is 14.5. The van der Waals surface area contributed by atoms with Crippen LogP contribution in [-0.4, -0.2) is 80.0 Å². The average Bonchev–Trinajstić information content (AvgIpc) is 3.54. The Morgan fingerprint density at radius 2 is 1.59 bits per heavy atom. The van der Waals surface area contributed by atoms with E-state index in [9.17, 15) is 14.4 Å². The van der Waals surface area contributed by atoms with Crippen molar-refractivity contribution >= 4 is 29.1 Å². The molecule has 3 aliphatic rings. The lowest BCUT2D eigenvalue weighted by Gasteiger charge is -2.38. The van der Waals surface area contributed by atoms with Gasteiger partial charge in [-0.3, -0.25) is 14.4 Å². The lowest BCUT2D eigenvalue weighted by Crippen LogP contribution is -2.50. The van der Waals surface area contributed by atoms with Crippen LogP contribution in [0.2, 0.25) is 0 Å². The molecular formula is C31H40N4O4. The zero-order valence-electron chi connectivity index (χ0n) is 22.9. The van der Waals surface area contributed by atoms with Crippen molar-refractivity contribution in [1.29, 1.82) is 0 Å². The van der Waals surface area contributed by atoms with Gasteiger partial charge in [0.15, 0.2) is 0 Å². The van der Waals surface area contributed by atoms with Gasteiger partial charge in [0.1, 0.15) is 0 Å². The summed E-state index contributed by atoms with van der Waals surface area (Å²) >= 11 is 0. The molecule has 1 unspecified atom stereocenters. The maximum Gasteiger partial charge on any atom is 0.256 e. The van der Waals surface area contributed by atoms with Gasteiger partial charge in [0.05, 0.1) is 24.7 Å². The Morgan fingerprint density at radius 1 is 0.897 bits per heavy atom. The maximum atomic E-state index is 13.7. The van der Waals surface area contributed by atoms with E-state index in [4.69, 9.17) is 4.74 Å². The number of hydrogen-bond donors (Lipinski definition) is 1. The molecule has 0 spiro atoms. The number of carbonyl (C=O) groups excluding carboxylic acids is 3. The van der Waals surface area contributed by atoms with Gasteiger partial charge in [-0.15, -0.1) is 0 Å². The Balaban J connectivity index is 1.32. The highest BCUT2D eigenvalue weighted by Gasteiger charge is 2.30. The molecule has 3 fully saturated rings. The van der Waals surface area contributed by atoms with Crippen molar-refractivity contribution in [3.8, 4) is 0 Å². The van der Waals surface area contributed by atoms with Gasteiger partial charge in [0.2, 0.25) is 11.8 Å². The van der Waals surface area contributed by atoms with Gasteiger partial charge in [0, 0.05) is 56.6 Å². The van der Waals surface area contributed by atoms with Crippen molar-refractivity contribution in [2.24, 2.45) is 5.92 Å². The fraction of sp³-hybridized carbons (Fsp3) is 0.516. The molecule has 0 radical (unpaired) electrons. The molecule has 5 rings (SSSR count). The lowest BCUT2D eigenvalue weighted by atomic mass is 9.94. The van der Waals surface area contributed by atoms with Crippen LogP contribution in [0.25, 0.3) is 0 Å². The number of carbonyl (C=O) groups is 3. The molecule has 2 aromatic rings. The van der Waals surface area contributed by atoms with Crippen molar-refractivity contribution < 1.29 is 19.1 Å². The first kappa shape index (κ1) is 27.2. The Labute approximate surface area is 231 Å². The standard InChI is InChI=1S/C31H40N4O4/c1-2-26(23-8-4-3-5-9-23)30(37)34-16-14-33(15-17-34)28-13-12-25(32-29(36)24-10-6-7-11-24)22-27(28)31(38)35-18-20-39-21-19-35/h3-5,8-9,12-13,22,24,26H,2,6-7,10-11,14-21H2,1H3,(H,32,36). The number of nitrogens with zero attached hydrogens (tertiary/aromatic N) is 3. The number of anilines is 2. The summed E-state index contributed by atoms with van der Waals surface area (Å²) in [6, 6.07) is 15.7. The number of rotatable bonds is 7. The van der Waals surface area contributed by atoms with Gasteiger partial charge in [-0.25, -0.2) is 0 Å². The molecule has 1 saturated carbocycles. The molecular weight excluding hydrogens is 492 g/mol. The van der Waals surface area contributed by atoms with Gasteiger partial charge in [-0.05, 0) is 43.0 Å². The fourth-order valence-corrected chi connectivity index (χ4v) is 6.06. The molecule has 3 amide bonds. The van der Waals surface area contributed by atoms with Crippen LogP contribution in [0.15, 0.2) is 48.5 Å². The predicted molar refractivity (Wildman–Crippen MR) is 152 cm³/mol. The van der Waals surface area contributed by atoms with E-state index >= 15 is 0 Å². The van der Waals surface area contributed by atoms with Crippen molar-refractivity contribution in [1.82, 2.24) is 9.80 Å². The third-order valence-corrected chi connectivity index (χ3v) is 8.36. The molecule has 0 aromatic heterocycles. The summed E-state index contributed by atoms with van der Waals surface area (Å²) in [6.07, 6.45) is 4.80. The molecule has 39 heavy (non-hydrogen) atoms. The zero-order chi connectivity index (χ0) is 27.2. The Kier molecular flexibility index (Phi) is 8.81. The minimum atomic E-state index is -0.140. The monoisotopic (exact) mass is 532 g/mol. The number of hydrogen-bond acceptors (Lipinski definition) is 5. The zero-order valence-corrected chi connectivity index (χ0v) is 22.9. The third kappa shape index (κ3) is 6.27. The Morgan fingerprint density at radius 3 is 2.26 bits per heavy atom. The van der Waals surface area contributed by atoms with Crippen molar-refractivity contribution in [2.75, 3.05) is 62.7 Å². The van der Waals surface area contributed by atoms with E-state index in [1.54, 1.807) is 0 Å². The smallest absolute Gasteiger partial charge is 0.256 e. The van der Waals surface area contributed by atoms with Gasteiger partial charge >= 0.3 is 0 Å². The highest BCUT2D eigenvalue weighted by Crippen LogP contribution is 2.30. The molecule has 2 aliphatic heterocycles. The van der Waals surface area contributed by atoms with E-state index in [1.807, 2.05) is 58.3 Å². The van der Waals surface area contributed by atoms with Gasteiger partial charge in [-0.1, -0.05) is 50.1 Å². The molecule has 2 heterocycles. The average molecular weight is 533 g/mol. The normalized spacial score (nSPS) is 19.2. The fourth-order valence-electron chi connectivity index (χ4n) is 6.06. The molecule has 1 N–H and O–H groups in total. The van der Waals surface area contributed by atoms with E-state index in [0.717, 1.165) is 43.4 Å². The Bertz CT molecular complexity index is 1150. The van der Waals surface area contributed by atoms with E-state index in [-0.39, 0.29) is 29.6 Å². The maximum absolute atomic E-state index is 13.7. The van der Waals surface area contributed by atoms with Crippen LogP contribution in [0, 0.1) is 5.92 Å².